The van der Waals surface area contributed by atoms with Crippen LogP contribution in [-0.2, 0) is 4.74 Å². The summed E-state index contributed by atoms with van der Waals surface area (Å²) >= 11 is 1.82. The van der Waals surface area contributed by atoms with Gasteiger partial charge < -0.3 is 4.74 Å². The molecule has 0 fully saturated rings. The third-order valence-electron chi connectivity index (χ3n) is 1.74. The van der Waals surface area contributed by atoms with Crippen LogP contribution in [0.1, 0.15) is 13.3 Å². The van der Waals surface area contributed by atoms with E-state index in [2.05, 4.69) is 17.8 Å². The van der Waals surface area contributed by atoms with Gasteiger partial charge in [0.2, 0.25) is 0 Å². The van der Waals surface area contributed by atoms with E-state index in [1.165, 1.54) is 10.6 Å². The maximum absolute atomic E-state index is 5.32. The van der Waals surface area contributed by atoms with Gasteiger partial charge in [-0.3, -0.25) is 0 Å². The Kier molecular flexibility index (Phi) is 1.89. The summed E-state index contributed by atoms with van der Waals surface area (Å²) in [5.74, 6) is 0. The number of hydrogen-bond acceptors (Lipinski definition) is 2. The van der Waals surface area contributed by atoms with Crippen LogP contribution in [0.4, 0.5) is 0 Å². The van der Waals surface area contributed by atoms with Gasteiger partial charge in [-0.05, 0) is 11.8 Å². The molecule has 2 nitrogen and oxygen atoms in total. The van der Waals surface area contributed by atoms with Crippen molar-refractivity contribution in [1.29, 1.82) is 0 Å². The topological polar surface area (TPSA) is 13.6 Å². The summed E-state index contributed by atoms with van der Waals surface area (Å²) in [7, 11) is 0. The molecule has 2 aliphatic rings. The third kappa shape index (κ3) is 1.42. The maximum Gasteiger partial charge on any atom is 0.330 e. The van der Waals surface area contributed by atoms with Gasteiger partial charge in [0.1, 0.15) is 5.25 Å². The summed E-state index contributed by atoms with van der Waals surface area (Å²) in [6.07, 6.45) is 0.960. The van der Waals surface area contributed by atoms with Crippen molar-refractivity contribution in [2.24, 2.45) is 0 Å². The molecular weight excluding hydrogens is 158 g/mol. The van der Waals surface area contributed by atoms with E-state index in [0.29, 0.717) is 5.25 Å². The van der Waals surface area contributed by atoms with Crippen LogP contribution in [0.25, 0.3) is 4.85 Å². The molecule has 58 valence electrons. The quantitative estimate of drug-likeness (QED) is 0.549. The van der Waals surface area contributed by atoms with Gasteiger partial charge in [0.15, 0.2) is 0 Å². The molecule has 0 aliphatic carbocycles. The van der Waals surface area contributed by atoms with E-state index >= 15 is 0 Å². The second-order valence-electron chi connectivity index (χ2n) is 2.67. The van der Waals surface area contributed by atoms with E-state index in [-0.39, 0.29) is 0 Å². The average Bonchev–Trinajstić information content (AvgIpc) is 2.04. The Morgan fingerprint density at radius 1 is 1.73 bits per heavy atom. The van der Waals surface area contributed by atoms with Gasteiger partial charge in [-0.1, -0.05) is 11.8 Å². The molecule has 11 heavy (non-hydrogen) atoms. The lowest BCUT2D eigenvalue weighted by molar-refractivity contribution is 0.153. The van der Waals surface area contributed by atoms with Crippen LogP contribution in [0, 0.1) is 6.07 Å². The van der Waals surface area contributed by atoms with E-state index < -0.39 is 0 Å². The largest absolute Gasteiger partial charge is 0.375 e. The molecular formula is C8H10NOS+. The summed E-state index contributed by atoms with van der Waals surface area (Å²) in [5.41, 5.74) is 1.19. The Labute approximate surface area is 70.4 Å². The normalized spacial score (nSPS) is 29.0. The molecule has 0 saturated carbocycles. The standard InChI is InChI=1S/C8H10NOS/c1-6-4-9-7-2-3-10-5-8(7)11-6/h6H,2-3,5H2,1H3/q+1. The monoisotopic (exact) mass is 168 g/mol. The van der Waals surface area contributed by atoms with E-state index in [1.807, 2.05) is 11.8 Å². The Morgan fingerprint density at radius 3 is 3.55 bits per heavy atom. The highest BCUT2D eigenvalue weighted by atomic mass is 32.2. The van der Waals surface area contributed by atoms with E-state index in [9.17, 15) is 0 Å². The molecule has 0 aromatic carbocycles. The summed E-state index contributed by atoms with van der Waals surface area (Å²) in [5, 5.41) is 0.399. The van der Waals surface area contributed by atoms with Gasteiger partial charge in [-0.25, -0.2) is 0 Å². The molecule has 2 rings (SSSR count). The molecule has 0 radical (unpaired) electrons. The van der Waals surface area contributed by atoms with Crippen LogP contribution in [0.5, 0.6) is 0 Å². The molecule has 3 heteroatoms. The minimum absolute atomic E-state index is 0.399. The highest BCUT2D eigenvalue weighted by molar-refractivity contribution is 8.03. The van der Waals surface area contributed by atoms with Crippen molar-refractivity contribution in [3.8, 4) is 6.07 Å². The zero-order valence-electron chi connectivity index (χ0n) is 6.46. The minimum Gasteiger partial charge on any atom is -0.375 e. The van der Waals surface area contributed by atoms with E-state index in [1.54, 1.807) is 0 Å². The molecule has 0 N–H and O–H groups in total. The first kappa shape index (κ1) is 7.20. The predicted octanol–water partition coefficient (Wildman–Crippen LogP) is 2.09. The number of thioether (sulfide) groups is 1. The molecule has 1 unspecified atom stereocenters. The number of nitrogens with zero attached hydrogens (tertiary/aromatic N) is 1. The third-order valence-corrected chi connectivity index (χ3v) is 2.84. The molecule has 0 saturated heterocycles. The first-order chi connectivity index (χ1) is 5.36. The summed E-state index contributed by atoms with van der Waals surface area (Å²) in [4.78, 5) is 5.57. The first-order valence-corrected chi connectivity index (χ1v) is 4.67. The molecule has 2 aliphatic heterocycles. The predicted molar refractivity (Wildman–Crippen MR) is 46.8 cm³/mol. The molecule has 0 aromatic rings. The molecule has 2 heterocycles. The van der Waals surface area contributed by atoms with Crippen LogP contribution in [-0.4, -0.2) is 18.5 Å². The number of ether oxygens (including phenoxy) is 1. The Balaban J connectivity index is 2.25. The Hall–Kier alpha value is -0.460. The van der Waals surface area contributed by atoms with Gasteiger partial charge in [0, 0.05) is 0 Å². The highest BCUT2D eigenvalue weighted by Gasteiger charge is 2.27. The fraction of sp³-hybridized carbons (Fsp3) is 0.625. The number of rotatable bonds is 0. The van der Waals surface area contributed by atoms with Gasteiger partial charge in [-0.2, -0.15) is 0 Å². The molecule has 0 amide bonds. The van der Waals surface area contributed by atoms with Crippen LogP contribution in [0.3, 0.4) is 0 Å². The van der Waals surface area contributed by atoms with E-state index in [0.717, 1.165) is 19.6 Å². The van der Waals surface area contributed by atoms with Gasteiger partial charge >= 0.3 is 5.70 Å². The van der Waals surface area contributed by atoms with Crippen molar-refractivity contribution >= 4 is 11.8 Å². The second kappa shape index (κ2) is 2.88. The van der Waals surface area contributed by atoms with Crippen LogP contribution in [0.15, 0.2) is 10.6 Å². The lowest BCUT2D eigenvalue weighted by Gasteiger charge is -2.12. The van der Waals surface area contributed by atoms with Crippen molar-refractivity contribution in [3.05, 3.63) is 15.4 Å². The fourth-order valence-corrected chi connectivity index (χ4v) is 2.15. The Morgan fingerprint density at radius 2 is 2.64 bits per heavy atom. The van der Waals surface area contributed by atoms with Gasteiger partial charge in [0.25, 0.3) is 6.07 Å². The first-order valence-electron chi connectivity index (χ1n) is 3.79. The molecule has 0 bridgehead atoms. The average molecular weight is 168 g/mol. The zero-order chi connectivity index (χ0) is 7.68. The van der Waals surface area contributed by atoms with Crippen LogP contribution >= 0.6 is 11.8 Å². The summed E-state index contributed by atoms with van der Waals surface area (Å²) in [6, 6.07) is 3.06. The van der Waals surface area contributed by atoms with Crippen LogP contribution in [0.2, 0.25) is 0 Å². The molecule has 1 atom stereocenters. The highest BCUT2D eigenvalue weighted by Crippen LogP contribution is 2.32. The molecule has 0 aromatic heterocycles. The van der Waals surface area contributed by atoms with Gasteiger partial charge in [-0.15, -0.1) is 0 Å². The minimum atomic E-state index is 0.399. The summed E-state index contributed by atoms with van der Waals surface area (Å²) in [6.45, 7) is 3.68. The summed E-state index contributed by atoms with van der Waals surface area (Å²) < 4.78 is 5.32. The Bertz CT molecular complexity index is 261. The molecule has 0 spiro atoms. The van der Waals surface area contributed by atoms with Crippen molar-refractivity contribution in [3.63, 3.8) is 0 Å². The number of hydrogen-bond donors (Lipinski definition) is 0. The van der Waals surface area contributed by atoms with E-state index in [4.69, 9.17) is 4.74 Å². The fourth-order valence-electron chi connectivity index (χ4n) is 1.19. The van der Waals surface area contributed by atoms with Crippen molar-refractivity contribution in [1.82, 2.24) is 0 Å². The van der Waals surface area contributed by atoms with Crippen LogP contribution < -0.4 is 0 Å². The van der Waals surface area contributed by atoms with Crippen molar-refractivity contribution < 1.29 is 4.74 Å². The SMILES string of the molecule is CC1C#[N+]C2=C(COCC2)S1. The maximum atomic E-state index is 5.32. The lowest BCUT2D eigenvalue weighted by atomic mass is 10.3. The van der Waals surface area contributed by atoms with Crippen molar-refractivity contribution in [2.45, 2.75) is 18.6 Å². The second-order valence-corrected chi connectivity index (χ2v) is 4.11. The van der Waals surface area contributed by atoms with Crippen molar-refractivity contribution in [2.75, 3.05) is 13.2 Å². The smallest absolute Gasteiger partial charge is 0.330 e. The zero-order valence-corrected chi connectivity index (χ0v) is 7.28. The lowest BCUT2D eigenvalue weighted by Crippen LogP contribution is -2.11. The van der Waals surface area contributed by atoms with Gasteiger partial charge in [0.05, 0.1) is 24.5 Å².